The van der Waals surface area contributed by atoms with E-state index in [2.05, 4.69) is 0 Å². The Bertz CT molecular complexity index is 1330. The average Bonchev–Trinajstić information content (AvgIpc) is 3.53. The van der Waals surface area contributed by atoms with Gasteiger partial charge in [-0.3, -0.25) is 14.5 Å². The Morgan fingerprint density at radius 1 is 1.05 bits per heavy atom. The van der Waals surface area contributed by atoms with E-state index in [0.717, 1.165) is 24.1 Å². The van der Waals surface area contributed by atoms with E-state index in [1.54, 1.807) is 52.3 Å². The number of anilines is 1. The van der Waals surface area contributed by atoms with Gasteiger partial charge in [0.15, 0.2) is 0 Å². The first-order valence-corrected chi connectivity index (χ1v) is 13.3. The van der Waals surface area contributed by atoms with Gasteiger partial charge in [-0.2, -0.15) is 13.2 Å². The van der Waals surface area contributed by atoms with Gasteiger partial charge in [0.05, 0.1) is 6.54 Å². The molecule has 0 aliphatic carbocycles. The minimum atomic E-state index is -4.46. The van der Waals surface area contributed by atoms with E-state index >= 15 is 0 Å². The molecule has 1 aromatic heterocycles. The largest absolute Gasteiger partial charge is 0.488 e. The van der Waals surface area contributed by atoms with Crippen LogP contribution in [0.1, 0.15) is 34.6 Å². The van der Waals surface area contributed by atoms with Crippen LogP contribution in [0.2, 0.25) is 0 Å². The molecule has 38 heavy (non-hydrogen) atoms. The lowest BCUT2D eigenvalue weighted by molar-refractivity contribution is -0.145. The van der Waals surface area contributed by atoms with Crippen LogP contribution in [0.15, 0.2) is 54.6 Å². The molecule has 0 spiro atoms. The molecule has 1 amide bonds. The van der Waals surface area contributed by atoms with Crippen LogP contribution in [0.3, 0.4) is 0 Å². The number of benzene rings is 2. The first-order chi connectivity index (χ1) is 18.2. The highest BCUT2D eigenvalue weighted by molar-refractivity contribution is 7.12. The second-order valence-corrected chi connectivity index (χ2v) is 10.7. The number of rotatable bonds is 7. The number of carboxylic acids is 1. The van der Waals surface area contributed by atoms with Gasteiger partial charge >= 0.3 is 12.1 Å². The lowest BCUT2D eigenvalue weighted by Gasteiger charge is -2.33. The topological polar surface area (TPSA) is 70.1 Å². The van der Waals surface area contributed by atoms with Gasteiger partial charge in [0.1, 0.15) is 23.3 Å². The number of hydrogen-bond donors (Lipinski definition) is 1. The summed E-state index contributed by atoms with van der Waals surface area (Å²) in [6, 6.07) is 14.7. The number of piperidine rings is 1. The van der Waals surface area contributed by atoms with Gasteiger partial charge in [0.2, 0.25) is 5.91 Å². The zero-order valence-corrected chi connectivity index (χ0v) is 21.4. The van der Waals surface area contributed by atoms with Crippen molar-refractivity contribution in [2.75, 3.05) is 24.5 Å². The van der Waals surface area contributed by atoms with Gasteiger partial charge in [-0.1, -0.05) is 36.8 Å². The molecule has 5 rings (SSSR count). The van der Waals surface area contributed by atoms with E-state index in [9.17, 15) is 27.9 Å². The van der Waals surface area contributed by atoms with Crippen molar-refractivity contribution in [3.8, 4) is 16.9 Å². The number of likely N-dealkylation sites (tertiary alicyclic amines) is 1. The summed E-state index contributed by atoms with van der Waals surface area (Å²) in [6.07, 6.45) is -1.59. The fourth-order valence-electron chi connectivity index (χ4n) is 5.16. The molecule has 0 saturated carbocycles. The Kier molecular flexibility index (Phi) is 7.45. The van der Waals surface area contributed by atoms with E-state index in [0.29, 0.717) is 53.5 Å². The maximum absolute atomic E-state index is 13.7. The molecule has 1 fully saturated rings. The highest BCUT2D eigenvalue weighted by Gasteiger charge is 2.36. The molecule has 1 atom stereocenters. The molecular weight excluding hydrogens is 517 g/mol. The predicted molar refractivity (Wildman–Crippen MR) is 138 cm³/mol. The summed E-state index contributed by atoms with van der Waals surface area (Å²) in [5, 5.41) is 9.49. The van der Waals surface area contributed by atoms with E-state index in [1.807, 2.05) is 6.07 Å². The third-order valence-corrected chi connectivity index (χ3v) is 8.14. The van der Waals surface area contributed by atoms with Crippen molar-refractivity contribution in [2.24, 2.45) is 0 Å². The molecule has 2 aliphatic heterocycles. The maximum Gasteiger partial charge on any atom is 0.426 e. The molecule has 200 valence electrons. The van der Waals surface area contributed by atoms with E-state index < -0.39 is 23.1 Å². The van der Waals surface area contributed by atoms with Crippen LogP contribution in [-0.4, -0.2) is 47.6 Å². The SMILES string of the molecule is O=C(O)C1CCCCN1CC(=O)N1CCc2cc(OCc3cc(-c4ccccc4)c(C(F)(F)F)s3)ccc21. The number of carboxylic acid groups (broad SMARTS) is 1. The molecule has 1 N–H and O–H groups in total. The Morgan fingerprint density at radius 3 is 2.58 bits per heavy atom. The van der Waals surface area contributed by atoms with E-state index in [-0.39, 0.29) is 24.6 Å². The molecule has 1 unspecified atom stereocenters. The average molecular weight is 545 g/mol. The number of halogens is 3. The molecule has 6 nitrogen and oxygen atoms in total. The molecule has 2 aromatic carbocycles. The second kappa shape index (κ2) is 10.8. The Balaban J connectivity index is 1.26. The van der Waals surface area contributed by atoms with Gasteiger partial charge in [-0.05, 0) is 61.2 Å². The van der Waals surface area contributed by atoms with E-state index in [1.165, 1.54) is 6.07 Å². The number of aliphatic carboxylic acids is 1. The number of nitrogens with zero attached hydrogens (tertiary/aromatic N) is 2. The number of hydrogen-bond acceptors (Lipinski definition) is 5. The number of carbonyl (C=O) groups excluding carboxylic acids is 1. The number of amides is 1. The van der Waals surface area contributed by atoms with Gasteiger partial charge < -0.3 is 14.7 Å². The van der Waals surface area contributed by atoms with Crippen LogP contribution in [-0.2, 0) is 28.8 Å². The monoisotopic (exact) mass is 544 g/mol. The minimum absolute atomic E-state index is 0.00640. The van der Waals surface area contributed by atoms with Gasteiger partial charge in [0, 0.05) is 22.7 Å². The second-order valence-electron chi connectivity index (χ2n) is 9.51. The lowest BCUT2D eigenvalue weighted by atomic mass is 10.0. The van der Waals surface area contributed by atoms with Crippen molar-refractivity contribution in [3.63, 3.8) is 0 Å². The van der Waals surface area contributed by atoms with Crippen molar-refractivity contribution in [1.29, 1.82) is 0 Å². The normalized spacial score (nSPS) is 17.9. The van der Waals surface area contributed by atoms with Crippen molar-refractivity contribution >= 4 is 28.9 Å². The molecule has 0 radical (unpaired) electrons. The third kappa shape index (κ3) is 5.56. The summed E-state index contributed by atoms with van der Waals surface area (Å²) >= 11 is 0.680. The standard InChI is InChI=1S/C28H27F3N2O4S/c29-28(30,31)26-22(18-6-2-1-3-7-18)15-21(38-26)17-37-20-9-10-23-19(14-20)11-13-33(23)25(34)16-32-12-5-4-8-24(32)27(35)36/h1-3,6-7,9-10,14-15,24H,4-5,8,11-13,16-17H2,(H,35,36). The van der Waals surface area contributed by atoms with Crippen LogP contribution in [0.5, 0.6) is 5.75 Å². The summed E-state index contributed by atoms with van der Waals surface area (Å²) in [6.45, 7) is 1.12. The van der Waals surface area contributed by atoms with Gasteiger partial charge in [0.25, 0.3) is 0 Å². The molecule has 0 bridgehead atoms. The first kappa shape index (κ1) is 26.2. The summed E-state index contributed by atoms with van der Waals surface area (Å²) in [4.78, 5) is 27.8. The Labute approximate surface area is 222 Å². The predicted octanol–water partition coefficient (Wildman–Crippen LogP) is 5.84. The number of alkyl halides is 3. The van der Waals surface area contributed by atoms with Crippen molar-refractivity contribution in [3.05, 3.63) is 69.9 Å². The first-order valence-electron chi connectivity index (χ1n) is 12.5. The highest BCUT2D eigenvalue weighted by Crippen LogP contribution is 2.43. The lowest BCUT2D eigenvalue weighted by Crippen LogP contribution is -2.49. The van der Waals surface area contributed by atoms with Gasteiger partial charge in [-0.15, -0.1) is 11.3 Å². The number of thiophene rings is 1. The summed E-state index contributed by atoms with van der Waals surface area (Å²) in [7, 11) is 0. The molecule has 1 saturated heterocycles. The van der Waals surface area contributed by atoms with Crippen LogP contribution in [0, 0.1) is 0 Å². The zero-order chi connectivity index (χ0) is 26.9. The quantitative estimate of drug-likeness (QED) is 0.405. The zero-order valence-electron chi connectivity index (χ0n) is 20.5. The van der Waals surface area contributed by atoms with Crippen molar-refractivity contribution in [1.82, 2.24) is 4.90 Å². The summed E-state index contributed by atoms with van der Waals surface area (Å²) in [5.74, 6) is -0.523. The number of carbonyl (C=O) groups is 2. The molecule has 3 heterocycles. The third-order valence-electron chi connectivity index (χ3n) is 6.99. The van der Waals surface area contributed by atoms with Gasteiger partial charge in [-0.25, -0.2) is 0 Å². The molecule has 2 aliphatic rings. The Hall–Kier alpha value is -3.37. The number of fused-ring (bicyclic) bond motifs is 1. The maximum atomic E-state index is 13.7. The molecule has 3 aromatic rings. The Morgan fingerprint density at radius 2 is 1.84 bits per heavy atom. The van der Waals surface area contributed by atoms with Crippen molar-refractivity contribution in [2.45, 2.75) is 44.5 Å². The fraction of sp³-hybridized carbons (Fsp3) is 0.357. The van der Waals surface area contributed by atoms with Crippen LogP contribution in [0.4, 0.5) is 18.9 Å². The smallest absolute Gasteiger partial charge is 0.426 e. The number of ether oxygens (including phenoxy) is 1. The van der Waals surface area contributed by atoms with Crippen LogP contribution in [0.25, 0.3) is 11.1 Å². The summed E-state index contributed by atoms with van der Waals surface area (Å²) < 4.78 is 46.9. The summed E-state index contributed by atoms with van der Waals surface area (Å²) in [5.41, 5.74) is 2.32. The minimum Gasteiger partial charge on any atom is -0.488 e. The van der Waals surface area contributed by atoms with Crippen LogP contribution >= 0.6 is 11.3 Å². The fourth-order valence-corrected chi connectivity index (χ4v) is 6.12. The molecule has 10 heteroatoms. The van der Waals surface area contributed by atoms with Crippen molar-refractivity contribution < 1.29 is 32.6 Å². The molecular formula is C28H27F3N2O4S. The van der Waals surface area contributed by atoms with E-state index in [4.69, 9.17) is 4.74 Å². The van der Waals surface area contributed by atoms with Crippen LogP contribution < -0.4 is 9.64 Å². The highest BCUT2D eigenvalue weighted by atomic mass is 32.1.